The Hall–Kier alpha value is -1.49. The van der Waals surface area contributed by atoms with Crippen LogP contribution in [0.3, 0.4) is 0 Å². The molecule has 1 amide bonds. The molecule has 30 heavy (non-hydrogen) atoms. The number of anilines is 1. The van der Waals surface area contributed by atoms with Crippen LogP contribution in [0.15, 0.2) is 29.7 Å². The molecule has 2 aliphatic rings. The number of nitrogens with one attached hydrogen (secondary N) is 2. The first-order valence-corrected chi connectivity index (χ1v) is 11.9. The maximum absolute atomic E-state index is 15.0. The minimum absolute atomic E-state index is 0. The zero-order valence-electron chi connectivity index (χ0n) is 15.7. The van der Waals surface area contributed by atoms with Crippen LogP contribution in [0.4, 0.5) is 10.1 Å². The van der Waals surface area contributed by atoms with Crippen molar-refractivity contribution >= 4 is 63.0 Å². The van der Waals surface area contributed by atoms with Gasteiger partial charge in [-0.25, -0.2) is 12.8 Å². The maximum Gasteiger partial charge on any atom is 0.245 e. The number of thiophene rings is 1. The lowest BCUT2D eigenvalue weighted by Crippen LogP contribution is -2.41. The predicted octanol–water partition coefficient (Wildman–Crippen LogP) is 3.30. The van der Waals surface area contributed by atoms with Crippen molar-refractivity contribution in [3.8, 4) is 0 Å². The number of hydrogen-bond donors (Lipinski definition) is 2. The molecule has 4 rings (SSSR count). The van der Waals surface area contributed by atoms with Crippen LogP contribution in [-0.4, -0.2) is 33.5 Å². The van der Waals surface area contributed by atoms with Gasteiger partial charge in [0.15, 0.2) is 0 Å². The van der Waals surface area contributed by atoms with Crippen molar-refractivity contribution in [2.24, 2.45) is 0 Å². The summed E-state index contributed by atoms with van der Waals surface area (Å²) in [6.07, 6.45) is 2.26. The molecule has 11 heteroatoms. The first kappa shape index (κ1) is 23.2. The van der Waals surface area contributed by atoms with Gasteiger partial charge < -0.3 is 10.2 Å². The van der Waals surface area contributed by atoms with Gasteiger partial charge in [0, 0.05) is 23.4 Å². The van der Waals surface area contributed by atoms with Crippen LogP contribution in [0.2, 0.25) is 4.34 Å². The molecule has 0 aliphatic carbocycles. The van der Waals surface area contributed by atoms with Gasteiger partial charge in [-0.1, -0.05) is 17.7 Å². The van der Waals surface area contributed by atoms with Crippen LogP contribution >= 0.6 is 35.3 Å². The van der Waals surface area contributed by atoms with Gasteiger partial charge in [-0.3, -0.25) is 4.79 Å². The molecule has 0 unspecified atom stereocenters. The zero-order chi connectivity index (χ0) is 20.6. The van der Waals surface area contributed by atoms with Crippen molar-refractivity contribution in [3.05, 3.63) is 55.8 Å². The molecule has 0 radical (unpaired) electrons. The highest BCUT2D eigenvalue weighted by atomic mass is 35.5. The average molecular weight is 492 g/mol. The molecule has 2 N–H and O–H groups in total. The average Bonchev–Trinajstić information content (AvgIpc) is 3.27. The molecule has 3 heterocycles. The summed E-state index contributed by atoms with van der Waals surface area (Å²) in [5, 5.41) is 4.20. The Morgan fingerprint density at radius 2 is 2.10 bits per heavy atom. The second-order valence-corrected chi connectivity index (χ2v) is 10.2. The third-order valence-corrected chi connectivity index (χ3v) is 7.30. The van der Waals surface area contributed by atoms with Crippen LogP contribution in [0, 0.1) is 5.82 Å². The summed E-state index contributed by atoms with van der Waals surface area (Å²) in [5.74, 6) is -0.843. The summed E-state index contributed by atoms with van der Waals surface area (Å²) in [6, 6.07) is 5.87. The fraction of sp³-hybridized carbons (Fsp3) is 0.316. The van der Waals surface area contributed by atoms with Crippen LogP contribution in [0.5, 0.6) is 0 Å². The van der Waals surface area contributed by atoms with Crippen molar-refractivity contribution in [1.29, 1.82) is 0 Å². The SMILES string of the molecule is Cl.O=C1[C@@H](NS(=O)(=O)/C=C/c2ccc(Cl)s2)CCN1c1ccc2c(c1F)CCNC2. The van der Waals surface area contributed by atoms with Crippen LogP contribution in [-0.2, 0) is 27.8 Å². The van der Waals surface area contributed by atoms with E-state index in [0.29, 0.717) is 34.3 Å². The Morgan fingerprint density at radius 1 is 1.30 bits per heavy atom. The number of carbonyl (C=O) groups excluding carboxylic acids is 1. The van der Waals surface area contributed by atoms with E-state index in [2.05, 4.69) is 10.0 Å². The van der Waals surface area contributed by atoms with E-state index in [9.17, 15) is 17.6 Å². The van der Waals surface area contributed by atoms with Crippen LogP contribution in [0.1, 0.15) is 22.4 Å². The van der Waals surface area contributed by atoms with E-state index in [1.54, 1.807) is 18.2 Å². The Bertz CT molecular complexity index is 1090. The molecule has 1 atom stereocenters. The van der Waals surface area contributed by atoms with Gasteiger partial charge in [-0.05, 0) is 54.8 Å². The monoisotopic (exact) mass is 491 g/mol. The van der Waals surface area contributed by atoms with Gasteiger partial charge in [-0.2, -0.15) is 4.72 Å². The zero-order valence-corrected chi connectivity index (χ0v) is 18.9. The number of amides is 1. The molecular weight excluding hydrogens is 472 g/mol. The van der Waals surface area contributed by atoms with E-state index < -0.39 is 27.8 Å². The predicted molar refractivity (Wildman–Crippen MR) is 120 cm³/mol. The fourth-order valence-electron chi connectivity index (χ4n) is 3.57. The van der Waals surface area contributed by atoms with Crippen LogP contribution < -0.4 is 14.9 Å². The highest BCUT2D eigenvalue weighted by molar-refractivity contribution is 7.92. The van der Waals surface area contributed by atoms with Gasteiger partial charge in [0.05, 0.1) is 10.0 Å². The summed E-state index contributed by atoms with van der Waals surface area (Å²) in [6.45, 7) is 1.54. The van der Waals surface area contributed by atoms with Crippen LogP contribution in [0.25, 0.3) is 6.08 Å². The Balaban J connectivity index is 0.00000256. The minimum Gasteiger partial charge on any atom is -0.312 e. The summed E-state index contributed by atoms with van der Waals surface area (Å²) < 4.78 is 42.6. The van der Waals surface area contributed by atoms with E-state index in [1.807, 2.05) is 6.07 Å². The third-order valence-electron chi connectivity index (χ3n) is 5.00. The van der Waals surface area contributed by atoms with Gasteiger partial charge in [0.25, 0.3) is 0 Å². The Labute approximate surface area is 189 Å². The number of halogens is 3. The van der Waals surface area contributed by atoms with E-state index >= 15 is 0 Å². The number of sulfonamides is 1. The largest absolute Gasteiger partial charge is 0.312 e. The fourth-order valence-corrected chi connectivity index (χ4v) is 5.64. The Kier molecular flexibility index (Phi) is 7.21. The lowest BCUT2D eigenvalue weighted by molar-refractivity contribution is -0.118. The molecule has 0 saturated carbocycles. The summed E-state index contributed by atoms with van der Waals surface area (Å²) in [4.78, 5) is 14.8. The first-order chi connectivity index (χ1) is 13.8. The molecule has 0 spiro atoms. The molecule has 162 valence electrons. The molecular formula is C19H20Cl2FN3O3S2. The smallest absolute Gasteiger partial charge is 0.245 e. The quantitative estimate of drug-likeness (QED) is 0.672. The molecule has 1 aromatic carbocycles. The number of nitrogens with zero attached hydrogens (tertiary/aromatic N) is 1. The van der Waals surface area contributed by atoms with Gasteiger partial charge in [-0.15, -0.1) is 23.7 Å². The normalized spacial score (nSPS) is 19.2. The van der Waals surface area contributed by atoms with Gasteiger partial charge in [0.1, 0.15) is 11.9 Å². The molecule has 2 aliphatic heterocycles. The van der Waals surface area contributed by atoms with Crippen molar-refractivity contribution in [3.63, 3.8) is 0 Å². The highest BCUT2D eigenvalue weighted by Gasteiger charge is 2.36. The molecule has 1 saturated heterocycles. The summed E-state index contributed by atoms with van der Waals surface area (Å²) >= 11 is 7.08. The van der Waals surface area contributed by atoms with Crippen molar-refractivity contribution in [2.45, 2.75) is 25.4 Å². The number of rotatable bonds is 5. The molecule has 0 bridgehead atoms. The van der Waals surface area contributed by atoms with E-state index in [-0.39, 0.29) is 31.1 Å². The lowest BCUT2D eigenvalue weighted by Gasteiger charge is -2.23. The van der Waals surface area contributed by atoms with E-state index in [4.69, 9.17) is 11.6 Å². The van der Waals surface area contributed by atoms with Gasteiger partial charge in [0.2, 0.25) is 15.9 Å². The number of carbonyl (C=O) groups is 1. The van der Waals surface area contributed by atoms with Crippen molar-refractivity contribution in [1.82, 2.24) is 10.0 Å². The topological polar surface area (TPSA) is 78.5 Å². The minimum atomic E-state index is -3.83. The van der Waals surface area contributed by atoms with E-state index in [1.165, 1.54) is 22.3 Å². The summed E-state index contributed by atoms with van der Waals surface area (Å²) in [5.41, 5.74) is 1.72. The molecule has 6 nitrogen and oxygen atoms in total. The van der Waals surface area contributed by atoms with Crippen molar-refractivity contribution in [2.75, 3.05) is 18.0 Å². The first-order valence-electron chi connectivity index (χ1n) is 9.12. The standard InChI is InChI=1S/C19H19ClFN3O3S2.ClH/c20-17-4-2-13(28-17)7-10-29(26,27)23-15-6-9-24(19(15)25)16-3-1-12-11-22-8-5-14(12)18(16)21;/h1-4,7,10,15,22-23H,5-6,8-9,11H2;1H/b10-7+;/t15-;/m0./s1. The molecule has 1 aromatic heterocycles. The second-order valence-electron chi connectivity index (χ2n) is 6.90. The van der Waals surface area contributed by atoms with E-state index in [0.717, 1.165) is 11.0 Å². The maximum atomic E-state index is 15.0. The second kappa shape index (κ2) is 9.33. The molecule has 1 fully saturated rings. The highest BCUT2D eigenvalue weighted by Crippen LogP contribution is 2.30. The number of benzene rings is 1. The lowest BCUT2D eigenvalue weighted by atomic mass is 9.99. The third kappa shape index (κ3) is 4.87. The molecule has 2 aromatic rings. The Morgan fingerprint density at radius 3 is 2.83 bits per heavy atom. The van der Waals surface area contributed by atoms with Gasteiger partial charge >= 0.3 is 0 Å². The van der Waals surface area contributed by atoms with Crippen molar-refractivity contribution < 1.29 is 17.6 Å². The number of hydrogen-bond acceptors (Lipinski definition) is 5. The summed E-state index contributed by atoms with van der Waals surface area (Å²) in [7, 11) is -3.83. The number of fused-ring (bicyclic) bond motifs is 1.